The first-order valence-corrected chi connectivity index (χ1v) is 5.70. The van der Waals surface area contributed by atoms with Crippen molar-refractivity contribution in [3.05, 3.63) is 28.1 Å². The van der Waals surface area contributed by atoms with E-state index in [4.69, 9.17) is 0 Å². The van der Waals surface area contributed by atoms with Gasteiger partial charge in [0.05, 0.1) is 0 Å². The molecule has 2 rings (SSSR count). The monoisotopic (exact) mass is 220 g/mol. The van der Waals surface area contributed by atoms with Crippen molar-refractivity contribution in [2.75, 3.05) is 0 Å². The summed E-state index contributed by atoms with van der Waals surface area (Å²) in [7, 11) is 0. The summed E-state index contributed by atoms with van der Waals surface area (Å²) in [5.74, 6) is 0.901. The van der Waals surface area contributed by atoms with E-state index in [1.165, 1.54) is 0 Å². The molecular weight excluding hydrogens is 208 g/mol. The fraction of sp³-hybridized carbons (Fsp3) is 0.273. The molecule has 0 saturated carbocycles. The standard InChI is InChI=1S/C11H12N2OS/c1-7(2)10-12-9(11(14)13-10)6-8-4-3-5-15-8/h3-7H,1-2H3,(H,12,13,14)/b9-6+. The van der Waals surface area contributed by atoms with Gasteiger partial charge in [-0.15, -0.1) is 11.3 Å². The first-order chi connectivity index (χ1) is 7.16. The van der Waals surface area contributed by atoms with Crippen molar-refractivity contribution in [1.29, 1.82) is 0 Å². The lowest BCUT2D eigenvalue weighted by molar-refractivity contribution is -0.115. The molecule has 0 aromatic carbocycles. The van der Waals surface area contributed by atoms with Gasteiger partial charge in [-0.3, -0.25) is 4.79 Å². The van der Waals surface area contributed by atoms with E-state index >= 15 is 0 Å². The Morgan fingerprint density at radius 3 is 2.87 bits per heavy atom. The van der Waals surface area contributed by atoms with E-state index < -0.39 is 0 Å². The lowest BCUT2D eigenvalue weighted by Gasteiger charge is -2.01. The summed E-state index contributed by atoms with van der Waals surface area (Å²) < 4.78 is 0. The van der Waals surface area contributed by atoms with Crippen molar-refractivity contribution in [2.24, 2.45) is 10.9 Å². The van der Waals surface area contributed by atoms with Gasteiger partial charge in [0.15, 0.2) is 0 Å². The number of nitrogens with one attached hydrogen (secondary N) is 1. The lowest BCUT2D eigenvalue weighted by atomic mass is 10.2. The van der Waals surface area contributed by atoms with Crippen LogP contribution >= 0.6 is 11.3 Å². The smallest absolute Gasteiger partial charge is 0.275 e. The molecule has 4 heteroatoms. The van der Waals surface area contributed by atoms with Gasteiger partial charge in [-0.2, -0.15) is 0 Å². The maximum atomic E-state index is 11.5. The molecule has 1 aromatic rings. The van der Waals surface area contributed by atoms with Crippen LogP contribution in [-0.2, 0) is 4.79 Å². The second kappa shape index (κ2) is 3.98. The van der Waals surface area contributed by atoms with Crippen molar-refractivity contribution < 1.29 is 4.79 Å². The Kier molecular flexibility index (Phi) is 2.68. The van der Waals surface area contributed by atoms with Gasteiger partial charge in [0.1, 0.15) is 11.5 Å². The summed E-state index contributed by atoms with van der Waals surface area (Å²) in [4.78, 5) is 16.8. The topological polar surface area (TPSA) is 41.5 Å². The Morgan fingerprint density at radius 1 is 1.53 bits per heavy atom. The van der Waals surface area contributed by atoms with E-state index in [0.29, 0.717) is 5.70 Å². The largest absolute Gasteiger partial charge is 0.308 e. The number of hydrogen-bond donors (Lipinski definition) is 1. The van der Waals surface area contributed by atoms with Crippen LogP contribution in [-0.4, -0.2) is 11.7 Å². The van der Waals surface area contributed by atoms with Crippen molar-refractivity contribution in [3.63, 3.8) is 0 Å². The molecule has 0 aliphatic carbocycles. The van der Waals surface area contributed by atoms with Crippen LogP contribution in [0.15, 0.2) is 28.2 Å². The summed E-state index contributed by atoms with van der Waals surface area (Å²) in [6.45, 7) is 4.01. The zero-order valence-corrected chi connectivity index (χ0v) is 9.47. The van der Waals surface area contributed by atoms with E-state index in [1.54, 1.807) is 11.3 Å². The number of rotatable bonds is 2. The number of aliphatic imine (C=N–C) groups is 1. The fourth-order valence-electron chi connectivity index (χ4n) is 1.27. The van der Waals surface area contributed by atoms with Gasteiger partial charge in [0, 0.05) is 10.8 Å². The average molecular weight is 220 g/mol. The first kappa shape index (κ1) is 10.1. The van der Waals surface area contributed by atoms with Crippen LogP contribution in [0.5, 0.6) is 0 Å². The summed E-state index contributed by atoms with van der Waals surface area (Å²) in [5, 5.41) is 4.74. The summed E-state index contributed by atoms with van der Waals surface area (Å²) in [6, 6.07) is 3.92. The third kappa shape index (κ3) is 2.15. The predicted molar refractivity (Wildman–Crippen MR) is 62.7 cm³/mol. The highest BCUT2D eigenvalue weighted by atomic mass is 32.1. The van der Waals surface area contributed by atoms with Gasteiger partial charge in [0.25, 0.3) is 5.91 Å². The normalized spacial score (nSPS) is 18.5. The van der Waals surface area contributed by atoms with Gasteiger partial charge < -0.3 is 5.32 Å². The molecule has 1 N–H and O–H groups in total. The Balaban J connectivity index is 2.27. The molecule has 0 atom stereocenters. The molecule has 1 amide bonds. The molecule has 0 spiro atoms. The van der Waals surface area contributed by atoms with Gasteiger partial charge in [-0.1, -0.05) is 19.9 Å². The van der Waals surface area contributed by atoms with Crippen LogP contribution in [0.1, 0.15) is 18.7 Å². The zero-order chi connectivity index (χ0) is 10.8. The van der Waals surface area contributed by atoms with Crippen molar-refractivity contribution in [3.8, 4) is 0 Å². The number of amidine groups is 1. The number of nitrogens with zero attached hydrogens (tertiary/aromatic N) is 1. The molecule has 0 unspecified atom stereocenters. The molecule has 1 aromatic heterocycles. The fourth-order valence-corrected chi connectivity index (χ4v) is 1.92. The highest BCUT2D eigenvalue weighted by molar-refractivity contribution is 7.10. The summed E-state index contributed by atoms with van der Waals surface area (Å²) >= 11 is 1.60. The van der Waals surface area contributed by atoms with Crippen LogP contribution in [0, 0.1) is 5.92 Å². The number of carbonyl (C=O) groups is 1. The molecule has 2 heterocycles. The quantitative estimate of drug-likeness (QED) is 0.763. The van der Waals surface area contributed by atoms with Crippen LogP contribution in [0.4, 0.5) is 0 Å². The van der Waals surface area contributed by atoms with Gasteiger partial charge in [-0.25, -0.2) is 4.99 Å². The molecule has 1 aliphatic rings. The van der Waals surface area contributed by atoms with Crippen molar-refractivity contribution in [1.82, 2.24) is 5.32 Å². The van der Waals surface area contributed by atoms with E-state index in [2.05, 4.69) is 10.3 Å². The van der Waals surface area contributed by atoms with Gasteiger partial charge in [0.2, 0.25) is 0 Å². The van der Waals surface area contributed by atoms with Crippen molar-refractivity contribution in [2.45, 2.75) is 13.8 Å². The van der Waals surface area contributed by atoms with Crippen LogP contribution in [0.2, 0.25) is 0 Å². The number of carbonyl (C=O) groups excluding carboxylic acids is 1. The molecule has 0 bridgehead atoms. The maximum absolute atomic E-state index is 11.5. The molecule has 1 aliphatic heterocycles. The number of amides is 1. The summed E-state index contributed by atoms with van der Waals surface area (Å²) in [6.07, 6.45) is 1.81. The molecule has 0 fully saturated rings. The minimum atomic E-state index is -0.105. The van der Waals surface area contributed by atoms with E-state index in [9.17, 15) is 4.79 Å². The zero-order valence-electron chi connectivity index (χ0n) is 8.65. The molecular formula is C11H12N2OS. The van der Waals surface area contributed by atoms with Gasteiger partial charge >= 0.3 is 0 Å². The SMILES string of the molecule is CC(C)C1=N/C(=C/c2cccs2)C(=O)N1. The van der Waals surface area contributed by atoms with E-state index in [1.807, 2.05) is 37.4 Å². The predicted octanol–water partition coefficient (Wildman–Crippen LogP) is 2.27. The minimum Gasteiger partial charge on any atom is -0.308 e. The average Bonchev–Trinajstić information content (AvgIpc) is 2.77. The van der Waals surface area contributed by atoms with Crippen LogP contribution in [0.3, 0.4) is 0 Å². The Hall–Kier alpha value is -1.42. The second-order valence-electron chi connectivity index (χ2n) is 3.65. The lowest BCUT2D eigenvalue weighted by Crippen LogP contribution is -2.27. The highest BCUT2D eigenvalue weighted by Gasteiger charge is 2.21. The molecule has 15 heavy (non-hydrogen) atoms. The maximum Gasteiger partial charge on any atom is 0.275 e. The van der Waals surface area contributed by atoms with E-state index in [0.717, 1.165) is 10.7 Å². The molecule has 3 nitrogen and oxygen atoms in total. The number of thiophene rings is 1. The van der Waals surface area contributed by atoms with Crippen molar-refractivity contribution >= 4 is 29.2 Å². The summed E-state index contributed by atoms with van der Waals surface area (Å²) in [5.41, 5.74) is 0.501. The molecule has 78 valence electrons. The molecule has 0 saturated heterocycles. The highest BCUT2D eigenvalue weighted by Crippen LogP contribution is 2.17. The number of hydrogen-bond acceptors (Lipinski definition) is 3. The Labute approximate surface area is 92.5 Å². The van der Waals surface area contributed by atoms with Gasteiger partial charge in [-0.05, 0) is 17.5 Å². The Bertz CT molecular complexity index is 429. The third-order valence-electron chi connectivity index (χ3n) is 2.08. The van der Waals surface area contributed by atoms with E-state index in [-0.39, 0.29) is 11.8 Å². The first-order valence-electron chi connectivity index (χ1n) is 4.82. The minimum absolute atomic E-state index is 0.105. The van der Waals surface area contributed by atoms with Crippen LogP contribution < -0.4 is 5.32 Å². The Morgan fingerprint density at radius 2 is 2.33 bits per heavy atom. The third-order valence-corrected chi connectivity index (χ3v) is 2.90. The second-order valence-corrected chi connectivity index (χ2v) is 4.63. The molecule has 0 radical (unpaired) electrons. The van der Waals surface area contributed by atoms with Crippen LogP contribution in [0.25, 0.3) is 6.08 Å².